The Kier molecular flexibility index (Phi) is 4.49. The molecule has 5 heteroatoms. The largest absolute Gasteiger partial charge is 0.480 e. The fourth-order valence-electron chi connectivity index (χ4n) is 1.83. The van der Waals surface area contributed by atoms with Gasteiger partial charge in [0.05, 0.1) is 5.92 Å². The smallest absolute Gasteiger partial charge is 0.326 e. The molecule has 0 aliphatic carbocycles. The normalized spacial score (nSPS) is 26.1. The number of hydrogen-bond acceptors (Lipinski definition) is 3. The van der Waals surface area contributed by atoms with Crippen molar-refractivity contribution in [2.24, 2.45) is 11.8 Å². The number of rotatable bonds is 5. The second kappa shape index (κ2) is 5.65. The van der Waals surface area contributed by atoms with E-state index in [-0.39, 0.29) is 24.2 Å². The fraction of sp³-hybridized carbons (Fsp3) is 0.636. The van der Waals surface area contributed by atoms with Gasteiger partial charge in [-0.3, -0.25) is 4.79 Å². The molecular formula is C11H18N2O3. The summed E-state index contributed by atoms with van der Waals surface area (Å²) in [5.74, 6) is -1.09. The monoisotopic (exact) mass is 226 g/mol. The number of carbonyl (C=O) groups is 2. The van der Waals surface area contributed by atoms with Crippen molar-refractivity contribution in [2.75, 3.05) is 13.1 Å². The summed E-state index contributed by atoms with van der Waals surface area (Å²) in [6.07, 6.45) is 1.74. The van der Waals surface area contributed by atoms with Gasteiger partial charge in [0.1, 0.15) is 6.04 Å². The fourth-order valence-corrected chi connectivity index (χ4v) is 1.83. The van der Waals surface area contributed by atoms with Crippen molar-refractivity contribution in [3.05, 3.63) is 12.7 Å². The number of carboxylic acids is 1. The van der Waals surface area contributed by atoms with E-state index in [0.29, 0.717) is 6.54 Å². The van der Waals surface area contributed by atoms with Gasteiger partial charge in [-0.1, -0.05) is 13.0 Å². The van der Waals surface area contributed by atoms with E-state index in [9.17, 15) is 9.59 Å². The predicted molar refractivity (Wildman–Crippen MR) is 59.9 cm³/mol. The summed E-state index contributed by atoms with van der Waals surface area (Å²) < 4.78 is 0. The van der Waals surface area contributed by atoms with Gasteiger partial charge in [0.2, 0.25) is 5.91 Å². The van der Waals surface area contributed by atoms with Crippen molar-refractivity contribution < 1.29 is 14.7 Å². The summed E-state index contributed by atoms with van der Waals surface area (Å²) in [6.45, 7) is 6.88. The minimum atomic E-state index is -1.02. The zero-order valence-corrected chi connectivity index (χ0v) is 9.40. The molecule has 0 radical (unpaired) electrons. The van der Waals surface area contributed by atoms with Gasteiger partial charge in [-0.05, 0) is 18.9 Å². The summed E-state index contributed by atoms with van der Waals surface area (Å²) in [5.41, 5.74) is 0. The number of hydrogen-bond donors (Lipinski definition) is 3. The van der Waals surface area contributed by atoms with Crippen molar-refractivity contribution in [3.8, 4) is 0 Å². The molecule has 0 aromatic rings. The molecule has 0 bridgehead atoms. The van der Waals surface area contributed by atoms with E-state index in [1.54, 1.807) is 0 Å². The van der Waals surface area contributed by atoms with Crippen LogP contribution in [0.1, 0.15) is 13.3 Å². The number of carbonyl (C=O) groups excluding carboxylic acids is 1. The van der Waals surface area contributed by atoms with Crippen LogP contribution in [0.25, 0.3) is 0 Å². The number of aliphatic carboxylic acids is 1. The lowest BCUT2D eigenvalue weighted by molar-refractivity contribution is -0.142. The molecule has 3 atom stereocenters. The molecule has 1 unspecified atom stereocenters. The Morgan fingerprint density at radius 2 is 2.31 bits per heavy atom. The van der Waals surface area contributed by atoms with Gasteiger partial charge in [-0.25, -0.2) is 4.79 Å². The molecule has 0 saturated carbocycles. The Bertz CT molecular complexity index is 291. The summed E-state index contributed by atoms with van der Waals surface area (Å²) in [4.78, 5) is 22.6. The van der Waals surface area contributed by atoms with Gasteiger partial charge in [0, 0.05) is 6.54 Å². The van der Waals surface area contributed by atoms with Gasteiger partial charge in [-0.2, -0.15) is 0 Å². The average molecular weight is 226 g/mol. The molecule has 1 fully saturated rings. The molecule has 1 aliphatic rings. The molecule has 1 saturated heterocycles. The topological polar surface area (TPSA) is 78.4 Å². The van der Waals surface area contributed by atoms with Gasteiger partial charge in [0.15, 0.2) is 0 Å². The molecule has 1 rings (SSSR count). The number of carboxylic acid groups (broad SMARTS) is 1. The van der Waals surface area contributed by atoms with Crippen LogP contribution in [-0.2, 0) is 9.59 Å². The van der Waals surface area contributed by atoms with Crippen LogP contribution in [-0.4, -0.2) is 36.1 Å². The predicted octanol–water partition coefficient (Wildman–Crippen LogP) is -0.0126. The van der Waals surface area contributed by atoms with Gasteiger partial charge < -0.3 is 15.7 Å². The van der Waals surface area contributed by atoms with Crippen molar-refractivity contribution in [2.45, 2.75) is 19.4 Å². The summed E-state index contributed by atoms with van der Waals surface area (Å²) >= 11 is 0. The van der Waals surface area contributed by atoms with Gasteiger partial charge in [0.25, 0.3) is 0 Å². The number of amides is 1. The SMILES string of the molecule is C=CCC(NC(=O)[C@@H]1CNC[C@H]1C)C(=O)O. The summed E-state index contributed by atoms with van der Waals surface area (Å²) in [6, 6.07) is -0.863. The first kappa shape index (κ1) is 12.7. The highest BCUT2D eigenvalue weighted by Crippen LogP contribution is 2.16. The molecule has 1 amide bonds. The quantitative estimate of drug-likeness (QED) is 0.576. The average Bonchev–Trinajstić information content (AvgIpc) is 2.63. The third kappa shape index (κ3) is 3.06. The lowest BCUT2D eigenvalue weighted by Gasteiger charge is -2.18. The molecule has 90 valence electrons. The second-order valence-corrected chi connectivity index (χ2v) is 4.17. The van der Waals surface area contributed by atoms with E-state index < -0.39 is 12.0 Å². The highest BCUT2D eigenvalue weighted by Gasteiger charge is 2.31. The van der Waals surface area contributed by atoms with Crippen molar-refractivity contribution >= 4 is 11.9 Å². The van der Waals surface area contributed by atoms with E-state index in [1.165, 1.54) is 6.08 Å². The Morgan fingerprint density at radius 3 is 2.75 bits per heavy atom. The Morgan fingerprint density at radius 1 is 1.62 bits per heavy atom. The van der Waals surface area contributed by atoms with Crippen molar-refractivity contribution in [1.82, 2.24) is 10.6 Å². The minimum absolute atomic E-state index is 0.133. The molecule has 0 aromatic heterocycles. The van der Waals surface area contributed by atoms with E-state index in [4.69, 9.17) is 5.11 Å². The highest BCUT2D eigenvalue weighted by atomic mass is 16.4. The van der Waals surface area contributed by atoms with Crippen LogP contribution in [0.3, 0.4) is 0 Å². The van der Waals surface area contributed by atoms with E-state index >= 15 is 0 Å². The molecule has 1 heterocycles. The number of nitrogens with one attached hydrogen (secondary N) is 2. The lowest BCUT2D eigenvalue weighted by atomic mass is 9.97. The lowest BCUT2D eigenvalue weighted by Crippen LogP contribution is -2.44. The molecule has 3 N–H and O–H groups in total. The van der Waals surface area contributed by atoms with Crippen LogP contribution in [0, 0.1) is 11.8 Å². The first-order chi connectivity index (χ1) is 7.56. The van der Waals surface area contributed by atoms with Crippen LogP contribution in [0.4, 0.5) is 0 Å². The summed E-state index contributed by atoms with van der Waals surface area (Å²) in [7, 11) is 0. The zero-order chi connectivity index (χ0) is 12.1. The van der Waals surface area contributed by atoms with Crippen LogP contribution < -0.4 is 10.6 Å². The highest BCUT2D eigenvalue weighted by molar-refractivity contribution is 5.85. The van der Waals surface area contributed by atoms with Gasteiger partial charge >= 0.3 is 5.97 Å². The third-order valence-corrected chi connectivity index (χ3v) is 2.87. The van der Waals surface area contributed by atoms with E-state index in [2.05, 4.69) is 17.2 Å². The molecule has 0 spiro atoms. The van der Waals surface area contributed by atoms with Gasteiger partial charge in [-0.15, -0.1) is 6.58 Å². The first-order valence-corrected chi connectivity index (χ1v) is 5.41. The van der Waals surface area contributed by atoms with Crippen LogP contribution >= 0.6 is 0 Å². The summed E-state index contributed by atoms with van der Waals surface area (Å²) in [5, 5.41) is 14.5. The second-order valence-electron chi connectivity index (χ2n) is 4.17. The Hall–Kier alpha value is -1.36. The minimum Gasteiger partial charge on any atom is -0.480 e. The maximum Gasteiger partial charge on any atom is 0.326 e. The molecule has 1 aliphatic heterocycles. The van der Waals surface area contributed by atoms with Crippen molar-refractivity contribution in [3.63, 3.8) is 0 Å². The Labute approximate surface area is 94.9 Å². The third-order valence-electron chi connectivity index (χ3n) is 2.87. The first-order valence-electron chi connectivity index (χ1n) is 5.41. The molecule has 5 nitrogen and oxygen atoms in total. The van der Waals surface area contributed by atoms with Crippen LogP contribution in [0.5, 0.6) is 0 Å². The van der Waals surface area contributed by atoms with E-state index in [0.717, 1.165) is 6.54 Å². The standard InChI is InChI=1S/C11H18N2O3/c1-3-4-9(11(15)16)13-10(14)8-6-12-5-7(8)2/h3,7-9,12H,1,4-6H2,2H3,(H,13,14)(H,15,16)/t7-,8-,9?/m1/s1. The molecular weight excluding hydrogens is 208 g/mol. The maximum atomic E-state index is 11.8. The Balaban J connectivity index is 2.53. The van der Waals surface area contributed by atoms with Crippen LogP contribution in [0.2, 0.25) is 0 Å². The molecule has 16 heavy (non-hydrogen) atoms. The zero-order valence-electron chi connectivity index (χ0n) is 9.40. The van der Waals surface area contributed by atoms with Crippen LogP contribution in [0.15, 0.2) is 12.7 Å². The molecule has 0 aromatic carbocycles. The maximum absolute atomic E-state index is 11.8. The van der Waals surface area contributed by atoms with E-state index in [1.807, 2.05) is 6.92 Å². The van der Waals surface area contributed by atoms with Crippen molar-refractivity contribution in [1.29, 1.82) is 0 Å².